The number of nitrogens with zero attached hydrogens (tertiary/aromatic N) is 4. The van der Waals surface area contributed by atoms with E-state index < -0.39 is 11.8 Å². The number of hydrogen-bond donors (Lipinski definition) is 0. The summed E-state index contributed by atoms with van der Waals surface area (Å²) in [7, 11) is 2.89. The van der Waals surface area contributed by atoms with E-state index >= 15 is 0 Å². The van der Waals surface area contributed by atoms with Gasteiger partial charge in [0.1, 0.15) is 11.5 Å². The Kier molecular flexibility index (Phi) is 9.91. The van der Waals surface area contributed by atoms with Crippen molar-refractivity contribution in [2.24, 2.45) is 0 Å². The second-order valence-electron chi connectivity index (χ2n) is 16.5. The molecule has 4 heterocycles. The highest BCUT2D eigenvalue weighted by Crippen LogP contribution is 2.36. The molecule has 326 valence electrons. The molecule has 0 aliphatic carbocycles. The summed E-state index contributed by atoms with van der Waals surface area (Å²) in [6, 6.07) is 41.7. The van der Waals surface area contributed by atoms with Crippen LogP contribution in [0.3, 0.4) is 0 Å². The van der Waals surface area contributed by atoms with Crippen LogP contribution in [0.1, 0.15) is 94.0 Å². The molecule has 7 aromatic rings. The third kappa shape index (κ3) is 6.97. The van der Waals surface area contributed by atoms with Gasteiger partial charge < -0.3 is 4.74 Å². The van der Waals surface area contributed by atoms with Crippen molar-refractivity contribution in [1.29, 1.82) is 0 Å². The number of anilines is 2. The molecule has 0 bridgehead atoms. The third-order valence-corrected chi connectivity index (χ3v) is 12.3. The number of carbonyl (C=O) groups excluding carboxylic acids is 8. The van der Waals surface area contributed by atoms with Crippen LogP contribution >= 0.6 is 0 Å². The Morgan fingerprint density at radius 3 is 0.910 bits per heavy atom. The van der Waals surface area contributed by atoms with Gasteiger partial charge in [-0.05, 0) is 133 Å². The first-order valence-electron chi connectivity index (χ1n) is 21.1. The zero-order valence-electron chi connectivity index (χ0n) is 36.3. The number of fused-ring (bicyclic) bond motifs is 4. The Morgan fingerprint density at radius 2 is 0.552 bits per heavy atom. The molecule has 7 aromatic carbocycles. The van der Waals surface area contributed by atoms with E-state index in [0.29, 0.717) is 84.1 Å². The van der Waals surface area contributed by atoms with Crippen molar-refractivity contribution in [3.8, 4) is 33.8 Å². The molecule has 0 spiro atoms. The molecule has 11 rings (SSSR count). The summed E-state index contributed by atoms with van der Waals surface area (Å²) in [6.07, 6.45) is 0. The molecule has 4 aliphatic heterocycles. The highest BCUT2D eigenvalue weighted by Gasteiger charge is 2.39. The topological polar surface area (TPSA) is 159 Å². The minimum atomic E-state index is -0.429. The summed E-state index contributed by atoms with van der Waals surface area (Å²) in [5.41, 5.74) is 8.48. The lowest BCUT2D eigenvalue weighted by molar-refractivity contribution is 0.0678. The third-order valence-electron chi connectivity index (χ3n) is 12.3. The SMILES string of the molecule is Cc1ccc(N2C(=O)c3ccc(-c4ccc5c(c4)C(=O)N(C)C5=O)cc3C2=O)cc1.Cc1ccc(Oc2ccc(N3C(=O)c4ccc(-c5ccc6c(c5)C(=O)N(C)C6=O)cc4C3=O)cc2)cc1. The second kappa shape index (κ2) is 15.9. The fourth-order valence-electron chi connectivity index (χ4n) is 8.49. The number of benzene rings is 7. The minimum Gasteiger partial charge on any atom is -0.457 e. The highest BCUT2D eigenvalue weighted by atomic mass is 16.5. The Labute approximate surface area is 383 Å². The number of carbonyl (C=O) groups is 8. The van der Waals surface area contributed by atoms with Crippen molar-refractivity contribution in [2.45, 2.75) is 13.8 Å². The maximum Gasteiger partial charge on any atom is 0.266 e. The average molecular weight is 885 g/mol. The summed E-state index contributed by atoms with van der Waals surface area (Å²) in [4.78, 5) is 106. The molecule has 0 fully saturated rings. The number of rotatable bonds is 6. The van der Waals surface area contributed by atoms with Gasteiger partial charge >= 0.3 is 0 Å². The molecule has 67 heavy (non-hydrogen) atoms. The summed E-state index contributed by atoms with van der Waals surface area (Å²) in [5.74, 6) is -1.69. The summed E-state index contributed by atoms with van der Waals surface area (Å²) >= 11 is 0. The van der Waals surface area contributed by atoms with Crippen LogP contribution in [0.2, 0.25) is 0 Å². The smallest absolute Gasteiger partial charge is 0.266 e. The van der Waals surface area contributed by atoms with Crippen LogP contribution in [0.15, 0.2) is 146 Å². The average Bonchev–Trinajstić information content (AvgIpc) is 3.92. The van der Waals surface area contributed by atoms with E-state index in [1.807, 2.05) is 50.2 Å². The molecular weight excluding hydrogens is 849 g/mol. The minimum absolute atomic E-state index is 0.280. The molecule has 13 nitrogen and oxygen atoms in total. The largest absolute Gasteiger partial charge is 0.457 e. The van der Waals surface area contributed by atoms with Crippen molar-refractivity contribution in [3.05, 3.63) is 201 Å². The van der Waals surface area contributed by atoms with Crippen molar-refractivity contribution < 1.29 is 43.1 Å². The van der Waals surface area contributed by atoms with E-state index in [-0.39, 0.29) is 41.0 Å². The maximum absolute atomic E-state index is 13.3. The van der Waals surface area contributed by atoms with Crippen LogP contribution in [0.25, 0.3) is 22.3 Å². The van der Waals surface area contributed by atoms with Crippen LogP contribution in [0, 0.1) is 13.8 Å². The lowest BCUT2D eigenvalue weighted by Crippen LogP contribution is -2.29. The normalized spacial score (nSPS) is 14.7. The molecule has 0 N–H and O–H groups in total. The lowest BCUT2D eigenvalue weighted by Gasteiger charge is -2.14. The Bertz CT molecular complexity index is 3380. The zero-order chi connectivity index (χ0) is 47.0. The fourth-order valence-corrected chi connectivity index (χ4v) is 8.49. The van der Waals surface area contributed by atoms with Gasteiger partial charge in [-0.15, -0.1) is 0 Å². The zero-order valence-corrected chi connectivity index (χ0v) is 36.3. The van der Waals surface area contributed by atoms with Crippen LogP contribution in [-0.4, -0.2) is 71.2 Å². The molecule has 8 amide bonds. The number of imide groups is 4. The van der Waals surface area contributed by atoms with Crippen LogP contribution in [0.5, 0.6) is 11.5 Å². The number of amides is 8. The molecule has 13 heteroatoms. The molecule has 0 unspecified atom stereocenters. The monoisotopic (exact) mass is 884 g/mol. The quantitative estimate of drug-likeness (QED) is 0.149. The van der Waals surface area contributed by atoms with Crippen molar-refractivity contribution >= 4 is 58.6 Å². The van der Waals surface area contributed by atoms with Gasteiger partial charge in [0, 0.05) is 14.1 Å². The summed E-state index contributed by atoms with van der Waals surface area (Å²) < 4.78 is 5.85. The molecule has 0 atom stereocenters. The van der Waals surface area contributed by atoms with Gasteiger partial charge in [0.25, 0.3) is 47.3 Å². The van der Waals surface area contributed by atoms with Crippen molar-refractivity contribution in [1.82, 2.24) is 9.80 Å². The number of ether oxygens (including phenoxy) is 1. The standard InChI is InChI=1S/C30H20N2O5.C24H16N2O4/c1-17-3-9-21(10-4-17)37-22-11-7-20(8-12-22)32-29(35)24-14-6-19(16-26(24)30(32)36)18-5-13-23-25(15-18)28(34)31(2)27(23)33;1-13-3-7-16(8-4-13)26-23(29)18-10-6-15(12-20(18)24(26)30)14-5-9-17-19(11-14)22(28)25(2)21(17)27/h3-16H,1-2H3;3-12H,1-2H3. The van der Waals surface area contributed by atoms with Gasteiger partial charge in [-0.1, -0.05) is 59.7 Å². The van der Waals surface area contributed by atoms with Gasteiger partial charge in [0.05, 0.1) is 55.9 Å². The van der Waals surface area contributed by atoms with Crippen molar-refractivity contribution in [2.75, 3.05) is 23.9 Å². The highest BCUT2D eigenvalue weighted by molar-refractivity contribution is 6.35. The van der Waals surface area contributed by atoms with E-state index in [2.05, 4.69) is 0 Å². The van der Waals surface area contributed by atoms with Crippen LogP contribution in [0.4, 0.5) is 11.4 Å². The fraction of sp³-hybridized carbons (Fsp3) is 0.0741. The first kappa shape index (κ1) is 41.9. The van der Waals surface area contributed by atoms with E-state index in [4.69, 9.17) is 4.74 Å². The Morgan fingerprint density at radius 1 is 0.299 bits per heavy atom. The molecule has 0 aromatic heterocycles. The van der Waals surface area contributed by atoms with Crippen LogP contribution < -0.4 is 14.5 Å². The summed E-state index contributed by atoms with van der Waals surface area (Å²) in [5, 5.41) is 0. The summed E-state index contributed by atoms with van der Waals surface area (Å²) in [6.45, 7) is 3.93. The van der Waals surface area contributed by atoms with E-state index in [9.17, 15) is 38.4 Å². The van der Waals surface area contributed by atoms with Gasteiger partial charge in [-0.25, -0.2) is 9.80 Å². The predicted molar refractivity (Wildman–Crippen MR) is 248 cm³/mol. The van der Waals surface area contributed by atoms with E-state index in [1.165, 1.54) is 19.0 Å². The van der Waals surface area contributed by atoms with Crippen LogP contribution in [-0.2, 0) is 0 Å². The Hall–Kier alpha value is -9.10. The van der Waals surface area contributed by atoms with Gasteiger partial charge in [0.2, 0.25) is 0 Å². The lowest BCUT2D eigenvalue weighted by atomic mass is 9.97. The number of hydrogen-bond acceptors (Lipinski definition) is 9. The molecule has 0 saturated carbocycles. The second-order valence-corrected chi connectivity index (χ2v) is 16.5. The van der Waals surface area contributed by atoms with Gasteiger partial charge in [-0.2, -0.15) is 0 Å². The molecular formula is C54H36N4O9. The molecule has 4 aliphatic rings. The first-order valence-corrected chi connectivity index (χ1v) is 21.1. The molecule has 0 radical (unpaired) electrons. The maximum atomic E-state index is 13.3. The predicted octanol–water partition coefficient (Wildman–Crippen LogP) is 9.17. The Balaban J connectivity index is 0.000000160. The van der Waals surface area contributed by atoms with E-state index in [1.54, 1.807) is 109 Å². The first-order chi connectivity index (χ1) is 32.2. The van der Waals surface area contributed by atoms with Gasteiger partial charge in [-0.3, -0.25) is 48.2 Å². The van der Waals surface area contributed by atoms with Crippen molar-refractivity contribution in [3.63, 3.8) is 0 Å². The van der Waals surface area contributed by atoms with E-state index in [0.717, 1.165) is 25.8 Å². The molecule has 0 saturated heterocycles. The van der Waals surface area contributed by atoms with Gasteiger partial charge in [0.15, 0.2) is 0 Å². The number of aryl methyl sites for hydroxylation is 2.